The molecule has 1 heterocycles. The lowest BCUT2D eigenvalue weighted by Gasteiger charge is -2.20. The summed E-state index contributed by atoms with van der Waals surface area (Å²) in [5.74, 6) is -0.0424. The predicted molar refractivity (Wildman–Crippen MR) is 97.4 cm³/mol. The number of carbonyl (C=O) groups excluding carboxylic acids is 1. The number of carbonyl (C=O) groups is 1. The molecular formula is C20H26N2O2. The van der Waals surface area contributed by atoms with E-state index in [0.29, 0.717) is 5.56 Å². The van der Waals surface area contributed by atoms with Crippen molar-refractivity contribution in [3.05, 3.63) is 69.6 Å². The number of rotatable bonds is 5. The number of benzene rings is 1. The molecule has 128 valence electrons. The maximum atomic E-state index is 12.1. The molecule has 0 radical (unpaired) electrons. The molecule has 4 heteroatoms. The average Bonchev–Trinajstić information content (AvgIpc) is 2.50. The Morgan fingerprint density at radius 3 is 2.17 bits per heavy atom. The Morgan fingerprint density at radius 1 is 1.00 bits per heavy atom. The van der Waals surface area contributed by atoms with Crippen molar-refractivity contribution < 1.29 is 4.79 Å². The average molecular weight is 326 g/mol. The first-order chi connectivity index (χ1) is 11.2. The maximum Gasteiger partial charge on any atom is 0.251 e. The molecular weight excluding hydrogens is 300 g/mol. The van der Waals surface area contributed by atoms with Gasteiger partial charge in [-0.2, -0.15) is 0 Å². The summed E-state index contributed by atoms with van der Waals surface area (Å²) >= 11 is 0. The summed E-state index contributed by atoms with van der Waals surface area (Å²) in [4.78, 5) is 23.5. The summed E-state index contributed by atoms with van der Waals surface area (Å²) < 4.78 is 1.61. The molecule has 2 aromatic rings. The predicted octanol–water partition coefficient (Wildman–Crippen LogP) is 3.09. The van der Waals surface area contributed by atoms with Crippen molar-refractivity contribution in [2.75, 3.05) is 0 Å². The van der Waals surface area contributed by atoms with Gasteiger partial charge in [-0.1, -0.05) is 18.2 Å². The highest BCUT2D eigenvalue weighted by atomic mass is 16.1. The number of amides is 1. The van der Waals surface area contributed by atoms with E-state index in [0.717, 1.165) is 19.3 Å². The Hall–Kier alpha value is -2.36. The quantitative estimate of drug-likeness (QED) is 0.918. The molecule has 4 nitrogen and oxygen atoms in total. The minimum absolute atomic E-state index is 0.0165. The third-order valence-electron chi connectivity index (χ3n) is 3.78. The van der Waals surface area contributed by atoms with E-state index < -0.39 is 0 Å². The molecule has 0 aliphatic carbocycles. The Morgan fingerprint density at radius 2 is 1.58 bits per heavy atom. The zero-order valence-electron chi connectivity index (χ0n) is 14.9. The standard InChI is InChI=1S/C20H26N2O2/c1-20(2,3)21-19(24)17-11-8-15(9-12-17)6-5-7-16-10-13-18(23)22(4)14-16/h8-14H,5-7H2,1-4H3,(H,21,24). The van der Waals surface area contributed by atoms with E-state index in [-0.39, 0.29) is 17.0 Å². The van der Waals surface area contributed by atoms with Crippen LogP contribution in [-0.2, 0) is 19.9 Å². The lowest BCUT2D eigenvalue weighted by atomic mass is 10.0. The van der Waals surface area contributed by atoms with Crippen LogP contribution in [0.2, 0.25) is 0 Å². The first kappa shape index (κ1) is 18.0. The zero-order chi connectivity index (χ0) is 17.7. The summed E-state index contributed by atoms with van der Waals surface area (Å²) in [6.45, 7) is 5.91. The number of hydrogen-bond acceptors (Lipinski definition) is 2. The minimum Gasteiger partial charge on any atom is -0.347 e. The van der Waals surface area contributed by atoms with Crippen LogP contribution in [-0.4, -0.2) is 16.0 Å². The van der Waals surface area contributed by atoms with Gasteiger partial charge in [-0.15, -0.1) is 0 Å². The summed E-state index contributed by atoms with van der Waals surface area (Å²) in [6.07, 6.45) is 4.78. The highest BCUT2D eigenvalue weighted by Crippen LogP contribution is 2.10. The van der Waals surface area contributed by atoms with E-state index in [2.05, 4.69) is 5.32 Å². The summed E-state index contributed by atoms with van der Waals surface area (Å²) in [6, 6.07) is 11.3. The van der Waals surface area contributed by atoms with Gasteiger partial charge in [0.2, 0.25) is 5.56 Å². The third-order valence-corrected chi connectivity index (χ3v) is 3.78. The van der Waals surface area contributed by atoms with Crippen molar-refractivity contribution in [1.82, 2.24) is 9.88 Å². The normalized spacial score (nSPS) is 11.3. The van der Waals surface area contributed by atoms with E-state index in [1.165, 1.54) is 11.1 Å². The van der Waals surface area contributed by atoms with Gasteiger partial charge in [-0.25, -0.2) is 0 Å². The molecule has 1 aromatic carbocycles. The minimum atomic E-state index is -0.231. The first-order valence-electron chi connectivity index (χ1n) is 8.32. The van der Waals surface area contributed by atoms with Gasteiger partial charge in [-0.05, 0) is 63.3 Å². The molecule has 1 amide bonds. The van der Waals surface area contributed by atoms with Crippen molar-refractivity contribution in [2.45, 2.75) is 45.6 Å². The first-order valence-corrected chi connectivity index (χ1v) is 8.32. The van der Waals surface area contributed by atoms with Gasteiger partial charge in [0.15, 0.2) is 0 Å². The fourth-order valence-corrected chi connectivity index (χ4v) is 2.53. The highest BCUT2D eigenvalue weighted by molar-refractivity contribution is 5.94. The number of pyridine rings is 1. The van der Waals surface area contributed by atoms with Gasteiger partial charge in [0, 0.05) is 30.4 Å². The van der Waals surface area contributed by atoms with Gasteiger partial charge in [0.25, 0.3) is 5.91 Å². The number of nitrogens with zero attached hydrogens (tertiary/aromatic N) is 1. The molecule has 0 aliphatic heterocycles. The maximum absolute atomic E-state index is 12.1. The van der Waals surface area contributed by atoms with Gasteiger partial charge in [0.05, 0.1) is 0 Å². The Labute approximate surface area is 143 Å². The molecule has 24 heavy (non-hydrogen) atoms. The molecule has 0 aliphatic rings. The summed E-state index contributed by atoms with van der Waals surface area (Å²) in [7, 11) is 1.77. The number of hydrogen-bond donors (Lipinski definition) is 1. The lowest BCUT2D eigenvalue weighted by molar-refractivity contribution is 0.0919. The molecule has 0 atom stereocenters. The van der Waals surface area contributed by atoms with E-state index >= 15 is 0 Å². The second-order valence-electron chi connectivity index (χ2n) is 7.24. The van der Waals surface area contributed by atoms with Gasteiger partial charge >= 0.3 is 0 Å². The second-order valence-corrected chi connectivity index (χ2v) is 7.24. The monoisotopic (exact) mass is 326 g/mol. The van der Waals surface area contributed by atoms with Crippen LogP contribution < -0.4 is 10.9 Å². The van der Waals surface area contributed by atoms with Crippen LogP contribution in [0, 0.1) is 0 Å². The highest BCUT2D eigenvalue weighted by Gasteiger charge is 2.14. The molecule has 0 spiro atoms. The van der Waals surface area contributed by atoms with Gasteiger partial charge < -0.3 is 9.88 Å². The number of nitrogens with one attached hydrogen (secondary N) is 1. The van der Waals surface area contributed by atoms with E-state index in [4.69, 9.17) is 0 Å². The van der Waals surface area contributed by atoms with Crippen LogP contribution in [0.15, 0.2) is 47.4 Å². The van der Waals surface area contributed by atoms with Crippen molar-refractivity contribution in [1.29, 1.82) is 0 Å². The SMILES string of the molecule is Cn1cc(CCCc2ccc(C(=O)NC(C)(C)C)cc2)ccc1=O. The fourth-order valence-electron chi connectivity index (χ4n) is 2.53. The van der Waals surface area contributed by atoms with Crippen LogP contribution >= 0.6 is 0 Å². The van der Waals surface area contributed by atoms with Gasteiger partial charge in [0.1, 0.15) is 0 Å². The zero-order valence-corrected chi connectivity index (χ0v) is 14.9. The Kier molecular flexibility index (Phi) is 5.60. The molecule has 1 N–H and O–H groups in total. The molecule has 0 saturated heterocycles. The number of aryl methyl sites for hydroxylation is 3. The fraction of sp³-hybridized carbons (Fsp3) is 0.400. The molecule has 0 unspecified atom stereocenters. The lowest BCUT2D eigenvalue weighted by Crippen LogP contribution is -2.40. The largest absolute Gasteiger partial charge is 0.347 e. The topological polar surface area (TPSA) is 51.1 Å². The Bertz CT molecular complexity index is 752. The molecule has 2 rings (SSSR count). The van der Waals surface area contributed by atoms with Crippen molar-refractivity contribution in [2.24, 2.45) is 7.05 Å². The third kappa shape index (κ3) is 5.37. The van der Waals surface area contributed by atoms with E-state index in [1.807, 2.05) is 57.3 Å². The molecule has 0 fully saturated rings. The summed E-state index contributed by atoms with van der Waals surface area (Å²) in [5.41, 5.74) is 2.85. The van der Waals surface area contributed by atoms with E-state index in [1.54, 1.807) is 17.7 Å². The molecule has 0 saturated carbocycles. The molecule has 1 aromatic heterocycles. The van der Waals surface area contributed by atoms with Crippen LogP contribution in [0.5, 0.6) is 0 Å². The molecule has 0 bridgehead atoms. The van der Waals surface area contributed by atoms with Crippen LogP contribution in [0.25, 0.3) is 0 Å². The smallest absolute Gasteiger partial charge is 0.251 e. The van der Waals surface area contributed by atoms with Crippen molar-refractivity contribution in [3.8, 4) is 0 Å². The van der Waals surface area contributed by atoms with E-state index in [9.17, 15) is 9.59 Å². The van der Waals surface area contributed by atoms with Crippen molar-refractivity contribution >= 4 is 5.91 Å². The van der Waals surface area contributed by atoms with Crippen LogP contribution in [0.3, 0.4) is 0 Å². The summed E-state index contributed by atoms with van der Waals surface area (Å²) in [5, 5.41) is 2.96. The van der Waals surface area contributed by atoms with Crippen LogP contribution in [0.4, 0.5) is 0 Å². The van der Waals surface area contributed by atoms with Crippen LogP contribution in [0.1, 0.15) is 48.7 Å². The van der Waals surface area contributed by atoms with Crippen molar-refractivity contribution in [3.63, 3.8) is 0 Å². The Balaban J connectivity index is 1.88. The number of aromatic nitrogens is 1. The van der Waals surface area contributed by atoms with Gasteiger partial charge in [-0.3, -0.25) is 9.59 Å². The second kappa shape index (κ2) is 7.47.